The number of nitrogens with zero attached hydrogens (tertiary/aromatic N) is 1. The van der Waals surface area contributed by atoms with Crippen LogP contribution in [0.25, 0.3) is 0 Å². The molecule has 0 radical (unpaired) electrons. The molecular formula is C21H22Cl2N2O3. The van der Waals surface area contributed by atoms with E-state index < -0.39 is 0 Å². The zero-order valence-corrected chi connectivity index (χ0v) is 17.1. The van der Waals surface area contributed by atoms with Crippen molar-refractivity contribution in [3.05, 3.63) is 63.6 Å². The quantitative estimate of drug-likeness (QED) is 0.778. The smallest absolute Gasteiger partial charge is 0.253 e. The SMILES string of the molecule is CCOc1ccc(C(=O)NC2CCN(C(=O)c3ccc(Cl)c(Cl)c3)CC2)cc1. The van der Waals surface area contributed by atoms with Gasteiger partial charge in [-0.2, -0.15) is 0 Å². The van der Waals surface area contributed by atoms with Crippen molar-refractivity contribution >= 4 is 35.0 Å². The number of nitrogens with one attached hydrogen (secondary N) is 1. The molecule has 0 aliphatic carbocycles. The molecule has 0 spiro atoms. The second-order valence-electron chi connectivity index (χ2n) is 6.63. The van der Waals surface area contributed by atoms with Crippen LogP contribution in [0.5, 0.6) is 5.75 Å². The topological polar surface area (TPSA) is 58.6 Å². The van der Waals surface area contributed by atoms with Gasteiger partial charge in [-0.25, -0.2) is 0 Å². The van der Waals surface area contributed by atoms with E-state index in [-0.39, 0.29) is 17.9 Å². The van der Waals surface area contributed by atoms with E-state index in [1.165, 1.54) is 0 Å². The molecule has 2 amide bonds. The second kappa shape index (κ2) is 9.30. The van der Waals surface area contributed by atoms with Gasteiger partial charge in [0.25, 0.3) is 11.8 Å². The van der Waals surface area contributed by atoms with Crippen LogP contribution in [-0.2, 0) is 0 Å². The van der Waals surface area contributed by atoms with Crippen LogP contribution in [0.4, 0.5) is 0 Å². The van der Waals surface area contributed by atoms with Crippen molar-refractivity contribution in [3.63, 3.8) is 0 Å². The number of rotatable bonds is 5. The summed E-state index contributed by atoms with van der Waals surface area (Å²) in [5, 5.41) is 3.84. The monoisotopic (exact) mass is 420 g/mol. The van der Waals surface area contributed by atoms with Crippen LogP contribution in [0, 0.1) is 0 Å². The first-order valence-electron chi connectivity index (χ1n) is 9.26. The molecule has 1 fully saturated rings. The molecular weight excluding hydrogens is 399 g/mol. The maximum absolute atomic E-state index is 12.6. The number of ether oxygens (including phenoxy) is 1. The lowest BCUT2D eigenvalue weighted by Crippen LogP contribution is -2.46. The van der Waals surface area contributed by atoms with E-state index in [0.717, 1.165) is 5.75 Å². The third-order valence-corrected chi connectivity index (χ3v) is 5.45. The van der Waals surface area contributed by atoms with Crippen LogP contribution >= 0.6 is 23.2 Å². The highest BCUT2D eigenvalue weighted by atomic mass is 35.5. The van der Waals surface area contributed by atoms with E-state index in [1.807, 2.05) is 6.92 Å². The molecule has 1 aliphatic heterocycles. The van der Waals surface area contributed by atoms with Gasteiger partial charge in [0.2, 0.25) is 0 Å². The van der Waals surface area contributed by atoms with Gasteiger partial charge in [-0.05, 0) is 62.2 Å². The van der Waals surface area contributed by atoms with Gasteiger partial charge in [0.15, 0.2) is 0 Å². The van der Waals surface area contributed by atoms with Crippen molar-refractivity contribution in [2.75, 3.05) is 19.7 Å². The van der Waals surface area contributed by atoms with Gasteiger partial charge in [-0.3, -0.25) is 9.59 Å². The minimum absolute atomic E-state index is 0.0388. The summed E-state index contributed by atoms with van der Waals surface area (Å²) in [6.07, 6.45) is 1.41. The first-order valence-corrected chi connectivity index (χ1v) is 10.0. The number of hydrogen-bond donors (Lipinski definition) is 1. The summed E-state index contributed by atoms with van der Waals surface area (Å²) < 4.78 is 5.39. The molecule has 2 aromatic carbocycles. The first-order chi connectivity index (χ1) is 13.5. The van der Waals surface area contributed by atoms with E-state index >= 15 is 0 Å². The summed E-state index contributed by atoms with van der Waals surface area (Å²) in [6.45, 7) is 3.66. The minimum Gasteiger partial charge on any atom is -0.494 e. The largest absolute Gasteiger partial charge is 0.494 e. The molecule has 0 saturated carbocycles. The Morgan fingerprint density at radius 2 is 1.68 bits per heavy atom. The summed E-state index contributed by atoms with van der Waals surface area (Å²) in [6, 6.07) is 12.0. The van der Waals surface area contributed by atoms with E-state index in [2.05, 4.69) is 5.32 Å². The lowest BCUT2D eigenvalue weighted by atomic mass is 10.0. The third-order valence-electron chi connectivity index (χ3n) is 4.71. The standard InChI is InChI=1S/C21H22Cl2N2O3/c1-2-28-17-6-3-14(4-7-17)20(26)24-16-9-11-25(12-10-16)21(27)15-5-8-18(22)19(23)13-15/h3-8,13,16H,2,9-12H2,1H3,(H,24,26). The van der Waals surface area contributed by atoms with Crippen LogP contribution in [0.2, 0.25) is 10.0 Å². The summed E-state index contributed by atoms with van der Waals surface area (Å²) >= 11 is 11.9. The lowest BCUT2D eigenvalue weighted by Gasteiger charge is -2.32. The number of carbonyl (C=O) groups excluding carboxylic acids is 2. The van der Waals surface area contributed by atoms with E-state index in [4.69, 9.17) is 27.9 Å². The van der Waals surface area contributed by atoms with Crippen LogP contribution in [0.15, 0.2) is 42.5 Å². The molecule has 5 nitrogen and oxygen atoms in total. The Balaban J connectivity index is 1.52. The van der Waals surface area contributed by atoms with Gasteiger partial charge in [0, 0.05) is 30.3 Å². The fourth-order valence-electron chi connectivity index (χ4n) is 3.18. The lowest BCUT2D eigenvalue weighted by molar-refractivity contribution is 0.0698. The molecule has 3 rings (SSSR count). The van der Waals surface area contributed by atoms with Gasteiger partial charge in [0.05, 0.1) is 16.7 Å². The summed E-state index contributed by atoms with van der Waals surface area (Å²) in [5.41, 5.74) is 1.11. The number of halogens is 2. The summed E-state index contributed by atoms with van der Waals surface area (Å²) in [4.78, 5) is 26.8. The van der Waals surface area contributed by atoms with Crippen LogP contribution in [0.1, 0.15) is 40.5 Å². The number of carbonyl (C=O) groups is 2. The van der Waals surface area contributed by atoms with Crippen LogP contribution in [-0.4, -0.2) is 42.5 Å². The Morgan fingerprint density at radius 1 is 1.04 bits per heavy atom. The molecule has 0 atom stereocenters. The molecule has 28 heavy (non-hydrogen) atoms. The Morgan fingerprint density at radius 3 is 2.29 bits per heavy atom. The molecule has 7 heteroatoms. The normalized spacial score (nSPS) is 14.6. The molecule has 0 bridgehead atoms. The molecule has 1 saturated heterocycles. The van der Waals surface area contributed by atoms with Gasteiger partial charge < -0.3 is 15.0 Å². The third kappa shape index (κ3) is 4.97. The number of likely N-dealkylation sites (tertiary alicyclic amines) is 1. The van der Waals surface area contributed by atoms with Gasteiger partial charge >= 0.3 is 0 Å². The van der Waals surface area contributed by atoms with Crippen molar-refractivity contribution < 1.29 is 14.3 Å². The number of benzene rings is 2. The van der Waals surface area contributed by atoms with Crippen molar-refractivity contribution in [2.45, 2.75) is 25.8 Å². The Kier molecular flexibility index (Phi) is 6.81. The summed E-state index contributed by atoms with van der Waals surface area (Å²) in [5.74, 6) is 0.556. The zero-order valence-electron chi connectivity index (χ0n) is 15.6. The minimum atomic E-state index is -0.114. The Labute approximate surface area is 174 Å². The van der Waals surface area contributed by atoms with Crippen LogP contribution in [0.3, 0.4) is 0 Å². The van der Waals surface area contributed by atoms with Gasteiger partial charge in [-0.1, -0.05) is 23.2 Å². The zero-order chi connectivity index (χ0) is 20.1. The van der Waals surface area contributed by atoms with Crippen LogP contribution < -0.4 is 10.1 Å². The van der Waals surface area contributed by atoms with E-state index in [1.54, 1.807) is 47.4 Å². The highest BCUT2D eigenvalue weighted by molar-refractivity contribution is 6.42. The maximum atomic E-state index is 12.6. The fourth-order valence-corrected chi connectivity index (χ4v) is 3.47. The highest BCUT2D eigenvalue weighted by Gasteiger charge is 2.25. The average Bonchev–Trinajstić information content (AvgIpc) is 2.71. The molecule has 1 heterocycles. The predicted octanol–water partition coefficient (Wildman–Crippen LogP) is 4.43. The predicted molar refractivity (Wildman–Crippen MR) is 110 cm³/mol. The Bertz CT molecular complexity index is 847. The molecule has 1 aliphatic rings. The number of amides is 2. The average molecular weight is 421 g/mol. The van der Waals surface area contributed by atoms with E-state index in [9.17, 15) is 9.59 Å². The van der Waals surface area contributed by atoms with Crippen molar-refractivity contribution in [1.29, 1.82) is 0 Å². The maximum Gasteiger partial charge on any atom is 0.253 e. The van der Waals surface area contributed by atoms with E-state index in [0.29, 0.717) is 53.7 Å². The molecule has 0 unspecified atom stereocenters. The van der Waals surface area contributed by atoms with Crippen molar-refractivity contribution in [1.82, 2.24) is 10.2 Å². The number of piperidine rings is 1. The van der Waals surface area contributed by atoms with Gasteiger partial charge in [-0.15, -0.1) is 0 Å². The number of hydrogen-bond acceptors (Lipinski definition) is 3. The molecule has 2 aromatic rings. The second-order valence-corrected chi connectivity index (χ2v) is 7.44. The van der Waals surface area contributed by atoms with Gasteiger partial charge in [0.1, 0.15) is 5.75 Å². The Hall–Kier alpha value is -2.24. The molecule has 148 valence electrons. The first kappa shape index (κ1) is 20.5. The highest BCUT2D eigenvalue weighted by Crippen LogP contribution is 2.24. The van der Waals surface area contributed by atoms with Crippen molar-refractivity contribution in [3.8, 4) is 5.75 Å². The molecule has 1 N–H and O–H groups in total. The fraction of sp³-hybridized carbons (Fsp3) is 0.333. The van der Waals surface area contributed by atoms with Crippen molar-refractivity contribution in [2.24, 2.45) is 0 Å². The molecule has 0 aromatic heterocycles. The summed E-state index contributed by atoms with van der Waals surface area (Å²) in [7, 11) is 0.